The van der Waals surface area contributed by atoms with E-state index in [4.69, 9.17) is 4.74 Å². The number of hydrogen-bond acceptors (Lipinski definition) is 3. The minimum atomic E-state index is -0.511. The zero-order valence-electron chi connectivity index (χ0n) is 13.7. The highest BCUT2D eigenvalue weighted by atomic mass is 19.1. The molecular weight excluding hydrogens is 325 g/mol. The van der Waals surface area contributed by atoms with Crippen LogP contribution < -0.4 is 15.0 Å². The van der Waals surface area contributed by atoms with E-state index in [1.54, 1.807) is 48.4 Å². The minimum Gasteiger partial charge on any atom is -0.497 e. The molecule has 6 nitrogen and oxygen atoms in total. The van der Waals surface area contributed by atoms with Crippen LogP contribution in [0.15, 0.2) is 48.5 Å². The second-order valence-corrected chi connectivity index (χ2v) is 5.58. The Kier molecular flexibility index (Phi) is 4.83. The molecule has 0 spiro atoms. The van der Waals surface area contributed by atoms with Gasteiger partial charge in [0.1, 0.15) is 18.1 Å². The molecule has 1 fully saturated rings. The number of hydrogen-bond donors (Lipinski definition) is 1. The first-order valence-corrected chi connectivity index (χ1v) is 7.83. The predicted octanol–water partition coefficient (Wildman–Crippen LogP) is 2.72. The number of halogens is 1. The lowest BCUT2D eigenvalue weighted by Crippen LogP contribution is -2.37. The first-order valence-electron chi connectivity index (χ1n) is 7.83. The standard InChI is InChI=1S/C18H18FN3O3/c1-25-14-8-6-13(7-9-14)22-11-10-21(18(22)24)12-17(23)20-16-5-3-2-4-15(16)19/h2-9H,10-12H2,1H3,(H,20,23). The van der Waals surface area contributed by atoms with Crippen molar-refractivity contribution in [1.82, 2.24) is 4.90 Å². The Labute approximate surface area is 144 Å². The van der Waals surface area contributed by atoms with Crippen LogP contribution in [0.25, 0.3) is 0 Å². The van der Waals surface area contributed by atoms with Crippen molar-refractivity contribution >= 4 is 23.3 Å². The molecule has 1 saturated heterocycles. The van der Waals surface area contributed by atoms with Crippen LogP contribution in [0.1, 0.15) is 0 Å². The molecule has 1 N–H and O–H groups in total. The van der Waals surface area contributed by atoms with Gasteiger partial charge in [0, 0.05) is 18.8 Å². The predicted molar refractivity (Wildman–Crippen MR) is 92.3 cm³/mol. The number of nitrogens with one attached hydrogen (secondary N) is 1. The van der Waals surface area contributed by atoms with Gasteiger partial charge in [0.2, 0.25) is 5.91 Å². The van der Waals surface area contributed by atoms with E-state index in [0.717, 1.165) is 5.69 Å². The summed E-state index contributed by atoms with van der Waals surface area (Å²) < 4.78 is 18.7. The molecule has 0 unspecified atom stereocenters. The Morgan fingerprint density at radius 3 is 2.56 bits per heavy atom. The molecule has 1 heterocycles. The molecule has 130 valence electrons. The number of anilines is 2. The molecule has 0 radical (unpaired) electrons. The fraction of sp³-hybridized carbons (Fsp3) is 0.222. The zero-order valence-corrected chi connectivity index (χ0v) is 13.7. The summed E-state index contributed by atoms with van der Waals surface area (Å²) in [6.07, 6.45) is 0. The molecule has 0 saturated carbocycles. The average Bonchev–Trinajstić information content (AvgIpc) is 2.97. The van der Waals surface area contributed by atoms with Crippen molar-refractivity contribution in [2.24, 2.45) is 0 Å². The lowest BCUT2D eigenvalue weighted by atomic mass is 10.3. The lowest BCUT2D eigenvalue weighted by Gasteiger charge is -2.18. The largest absolute Gasteiger partial charge is 0.497 e. The van der Waals surface area contributed by atoms with Crippen LogP contribution in [0.3, 0.4) is 0 Å². The van der Waals surface area contributed by atoms with Gasteiger partial charge in [-0.2, -0.15) is 0 Å². The number of para-hydroxylation sites is 1. The molecule has 0 aliphatic carbocycles. The van der Waals surface area contributed by atoms with Crippen LogP contribution in [0, 0.1) is 5.82 Å². The van der Waals surface area contributed by atoms with Crippen molar-refractivity contribution in [1.29, 1.82) is 0 Å². The van der Waals surface area contributed by atoms with E-state index in [-0.39, 0.29) is 18.3 Å². The molecule has 3 amide bonds. The number of rotatable bonds is 5. The zero-order chi connectivity index (χ0) is 17.8. The van der Waals surface area contributed by atoms with Crippen molar-refractivity contribution in [2.75, 3.05) is 37.0 Å². The first kappa shape index (κ1) is 16.8. The molecular formula is C18H18FN3O3. The number of urea groups is 1. The SMILES string of the molecule is COc1ccc(N2CCN(CC(=O)Nc3ccccc3F)C2=O)cc1. The second kappa shape index (κ2) is 7.21. The third-order valence-corrected chi connectivity index (χ3v) is 3.96. The van der Waals surface area contributed by atoms with Gasteiger partial charge in [0.05, 0.1) is 12.8 Å². The van der Waals surface area contributed by atoms with E-state index in [2.05, 4.69) is 5.32 Å². The first-order chi connectivity index (χ1) is 12.1. The number of carbonyl (C=O) groups excluding carboxylic acids is 2. The van der Waals surface area contributed by atoms with Crippen molar-refractivity contribution in [3.8, 4) is 5.75 Å². The van der Waals surface area contributed by atoms with Gasteiger partial charge in [-0.25, -0.2) is 9.18 Å². The maximum absolute atomic E-state index is 13.6. The van der Waals surface area contributed by atoms with Crippen LogP contribution >= 0.6 is 0 Å². The third-order valence-electron chi connectivity index (χ3n) is 3.96. The number of amides is 3. The summed E-state index contributed by atoms with van der Waals surface area (Å²) in [7, 11) is 1.58. The van der Waals surface area contributed by atoms with Gasteiger partial charge in [0.25, 0.3) is 0 Å². The summed E-state index contributed by atoms with van der Waals surface area (Å²) >= 11 is 0. The molecule has 25 heavy (non-hydrogen) atoms. The van der Waals surface area contributed by atoms with Crippen LogP contribution in [0.4, 0.5) is 20.6 Å². The number of carbonyl (C=O) groups is 2. The van der Waals surface area contributed by atoms with E-state index >= 15 is 0 Å². The normalized spacial score (nSPS) is 13.9. The van der Waals surface area contributed by atoms with Crippen molar-refractivity contribution in [3.63, 3.8) is 0 Å². The highest BCUT2D eigenvalue weighted by molar-refractivity contribution is 5.99. The quantitative estimate of drug-likeness (QED) is 0.908. The number of methoxy groups -OCH3 is 1. The number of nitrogens with zero attached hydrogens (tertiary/aromatic N) is 2. The molecule has 7 heteroatoms. The lowest BCUT2D eigenvalue weighted by molar-refractivity contribution is -0.116. The van der Waals surface area contributed by atoms with Crippen molar-refractivity contribution < 1.29 is 18.7 Å². The molecule has 2 aromatic carbocycles. The molecule has 3 rings (SSSR count). The molecule has 0 aromatic heterocycles. The molecule has 1 aliphatic rings. The summed E-state index contributed by atoms with van der Waals surface area (Å²) in [5, 5.41) is 2.48. The Bertz CT molecular complexity index is 779. The maximum atomic E-state index is 13.6. The van der Waals surface area contributed by atoms with Gasteiger partial charge >= 0.3 is 6.03 Å². The van der Waals surface area contributed by atoms with Crippen LogP contribution in [-0.4, -0.2) is 43.6 Å². The Morgan fingerprint density at radius 1 is 1.16 bits per heavy atom. The van der Waals surface area contributed by atoms with E-state index in [0.29, 0.717) is 18.8 Å². The van der Waals surface area contributed by atoms with Gasteiger partial charge < -0.3 is 15.0 Å². The van der Waals surface area contributed by atoms with Crippen LogP contribution in [0.2, 0.25) is 0 Å². The monoisotopic (exact) mass is 343 g/mol. The highest BCUT2D eigenvalue weighted by Gasteiger charge is 2.30. The molecule has 1 aliphatic heterocycles. The van der Waals surface area contributed by atoms with E-state index in [9.17, 15) is 14.0 Å². The highest BCUT2D eigenvalue weighted by Crippen LogP contribution is 2.23. The van der Waals surface area contributed by atoms with Crippen molar-refractivity contribution in [3.05, 3.63) is 54.3 Å². The van der Waals surface area contributed by atoms with Crippen molar-refractivity contribution in [2.45, 2.75) is 0 Å². The molecule has 0 bridgehead atoms. The van der Waals surface area contributed by atoms with Gasteiger partial charge in [-0.1, -0.05) is 12.1 Å². The number of ether oxygens (including phenoxy) is 1. The maximum Gasteiger partial charge on any atom is 0.325 e. The fourth-order valence-corrected chi connectivity index (χ4v) is 2.66. The van der Waals surface area contributed by atoms with Gasteiger partial charge in [-0.3, -0.25) is 9.69 Å². The minimum absolute atomic E-state index is 0.103. The van der Waals surface area contributed by atoms with Gasteiger partial charge in [0.15, 0.2) is 0 Å². The van der Waals surface area contributed by atoms with E-state index < -0.39 is 11.7 Å². The van der Waals surface area contributed by atoms with E-state index in [1.807, 2.05) is 0 Å². The summed E-state index contributed by atoms with van der Waals surface area (Å²) in [4.78, 5) is 27.6. The molecule has 0 atom stereocenters. The Hall–Kier alpha value is -3.09. The van der Waals surface area contributed by atoms with Gasteiger partial charge in [-0.15, -0.1) is 0 Å². The summed E-state index contributed by atoms with van der Waals surface area (Å²) in [5.41, 5.74) is 0.842. The fourth-order valence-electron chi connectivity index (χ4n) is 2.66. The smallest absolute Gasteiger partial charge is 0.325 e. The molecule has 2 aromatic rings. The summed E-state index contributed by atoms with van der Waals surface area (Å²) in [6, 6.07) is 12.8. The number of benzene rings is 2. The average molecular weight is 343 g/mol. The Morgan fingerprint density at radius 2 is 1.88 bits per heavy atom. The van der Waals surface area contributed by atoms with Gasteiger partial charge in [-0.05, 0) is 36.4 Å². The van der Waals surface area contributed by atoms with Crippen LogP contribution in [0.5, 0.6) is 5.75 Å². The Balaban J connectivity index is 1.61. The second-order valence-electron chi connectivity index (χ2n) is 5.58. The summed E-state index contributed by atoms with van der Waals surface area (Å²) in [5.74, 6) is -0.241. The van der Waals surface area contributed by atoms with Crippen LogP contribution in [-0.2, 0) is 4.79 Å². The topological polar surface area (TPSA) is 61.9 Å². The van der Waals surface area contributed by atoms with E-state index in [1.165, 1.54) is 17.0 Å². The third kappa shape index (κ3) is 3.71. The summed E-state index contributed by atoms with van der Waals surface area (Å²) in [6.45, 7) is 0.785.